The minimum atomic E-state index is 0.686. The van der Waals surface area contributed by atoms with E-state index < -0.39 is 0 Å². The molecule has 0 aliphatic carbocycles. The summed E-state index contributed by atoms with van der Waals surface area (Å²) in [6.07, 6.45) is 2.50. The van der Waals surface area contributed by atoms with Crippen LogP contribution in [0.25, 0.3) is 11.3 Å². The van der Waals surface area contributed by atoms with Crippen LogP contribution in [0.1, 0.15) is 12.8 Å². The van der Waals surface area contributed by atoms with Crippen molar-refractivity contribution in [2.75, 3.05) is 0 Å². The fourth-order valence-corrected chi connectivity index (χ4v) is 1.49. The van der Waals surface area contributed by atoms with Gasteiger partial charge in [-0.05, 0) is 12.1 Å². The van der Waals surface area contributed by atoms with Crippen LogP contribution >= 0.6 is 11.6 Å². The summed E-state index contributed by atoms with van der Waals surface area (Å²) in [5.41, 5.74) is 0.890. The predicted molar refractivity (Wildman–Crippen MR) is 56.3 cm³/mol. The van der Waals surface area contributed by atoms with Crippen LogP contribution in [0, 0.1) is 0 Å². The van der Waals surface area contributed by atoms with Gasteiger partial charge in [-0.2, -0.15) is 0 Å². The zero-order chi connectivity index (χ0) is 9.97. The van der Waals surface area contributed by atoms with Gasteiger partial charge in [0.1, 0.15) is 0 Å². The third kappa shape index (κ3) is 1.66. The number of aromatic nitrogens is 1. The Morgan fingerprint density at radius 1 is 1.36 bits per heavy atom. The third-order valence-corrected chi connectivity index (χ3v) is 2.32. The molecule has 0 amide bonds. The molecule has 2 rings (SSSR count). The number of nitrogens with zero attached hydrogens (tertiary/aromatic N) is 1. The topological polar surface area (TPSA) is 26.0 Å². The number of rotatable bonds is 2. The standard InChI is InChI=1S/C11H10ClNO/c1-2-11-13-7-10(14-11)8-5-3-4-6-9(8)12/h3-7H,2H2,1H3. The lowest BCUT2D eigenvalue weighted by molar-refractivity contribution is 0.514. The molecular weight excluding hydrogens is 198 g/mol. The summed E-state index contributed by atoms with van der Waals surface area (Å²) < 4.78 is 5.50. The summed E-state index contributed by atoms with van der Waals surface area (Å²) in [5, 5.41) is 0.686. The third-order valence-electron chi connectivity index (χ3n) is 2.00. The van der Waals surface area contributed by atoms with E-state index in [2.05, 4.69) is 4.98 Å². The van der Waals surface area contributed by atoms with Crippen molar-refractivity contribution in [3.8, 4) is 11.3 Å². The van der Waals surface area contributed by atoms with Gasteiger partial charge in [-0.1, -0.05) is 30.7 Å². The van der Waals surface area contributed by atoms with Gasteiger partial charge in [-0.25, -0.2) is 4.98 Å². The van der Waals surface area contributed by atoms with E-state index in [1.807, 2.05) is 31.2 Å². The molecule has 1 aromatic carbocycles. The van der Waals surface area contributed by atoms with Gasteiger partial charge in [-0.3, -0.25) is 0 Å². The maximum Gasteiger partial charge on any atom is 0.194 e. The van der Waals surface area contributed by atoms with E-state index in [0.717, 1.165) is 23.6 Å². The number of oxazole rings is 1. The van der Waals surface area contributed by atoms with Gasteiger partial charge in [0.15, 0.2) is 11.7 Å². The Morgan fingerprint density at radius 2 is 2.14 bits per heavy atom. The second kappa shape index (κ2) is 3.84. The molecule has 2 aromatic rings. The molecule has 14 heavy (non-hydrogen) atoms. The molecule has 0 saturated heterocycles. The summed E-state index contributed by atoms with van der Waals surface area (Å²) >= 11 is 6.02. The number of halogens is 1. The summed E-state index contributed by atoms with van der Waals surface area (Å²) in [7, 11) is 0. The molecule has 0 atom stereocenters. The van der Waals surface area contributed by atoms with Crippen molar-refractivity contribution in [2.45, 2.75) is 13.3 Å². The predicted octanol–water partition coefficient (Wildman–Crippen LogP) is 3.56. The Hall–Kier alpha value is -1.28. The highest BCUT2D eigenvalue weighted by Gasteiger charge is 2.07. The molecule has 2 nitrogen and oxygen atoms in total. The first-order valence-electron chi connectivity index (χ1n) is 4.51. The molecule has 0 radical (unpaired) electrons. The first-order valence-corrected chi connectivity index (χ1v) is 4.88. The molecular formula is C11H10ClNO. The molecule has 0 spiro atoms. The smallest absolute Gasteiger partial charge is 0.194 e. The lowest BCUT2D eigenvalue weighted by Gasteiger charge is -1.97. The van der Waals surface area contributed by atoms with Crippen molar-refractivity contribution in [2.24, 2.45) is 0 Å². The molecule has 0 aliphatic rings. The van der Waals surface area contributed by atoms with Crippen LogP contribution in [-0.4, -0.2) is 4.98 Å². The van der Waals surface area contributed by atoms with Gasteiger partial charge in [-0.15, -0.1) is 0 Å². The van der Waals surface area contributed by atoms with Crippen molar-refractivity contribution in [3.05, 3.63) is 41.4 Å². The highest BCUT2D eigenvalue weighted by atomic mass is 35.5. The highest BCUT2D eigenvalue weighted by molar-refractivity contribution is 6.33. The summed E-state index contributed by atoms with van der Waals surface area (Å²) in [6.45, 7) is 2.00. The molecule has 0 saturated carbocycles. The molecule has 1 aromatic heterocycles. The zero-order valence-corrected chi connectivity index (χ0v) is 8.58. The SMILES string of the molecule is CCc1ncc(-c2ccccc2Cl)o1. The highest BCUT2D eigenvalue weighted by Crippen LogP contribution is 2.27. The molecule has 0 unspecified atom stereocenters. The fraction of sp³-hybridized carbons (Fsp3) is 0.182. The molecule has 1 heterocycles. The lowest BCUT2D eigenvalue weighted by atomic mass is 10.2. The number of hydrogen-bond donors (Lipinski definition) is 0. The zero-order valence-electron chi connectivity index (χ0n) is 7.83. The average molecular weight is 208 g/mol. The summed E-state index contributed by atoms with van der Waals surface area (Å²) in [6, 6.07) is 7.58. The number of aryl methyl sites for hydroxylation is 1. The fourth-order valence-electron chi connectivity index (χ4n) is 1.26. The van der Waals surface area contributed by atoms with Crippen molar-refractivity contribution >= 4 is 11.6 Å². The Bertz CT molecular complexity index is 436. The van der Waals surface area contributed by atoms with Crippen LogP contribution in [0.4, 0.5) is 0 Å². The molecule has 0 fully saturated rings. The van der Waals surface area contributed by atoms with Gasteiger partial charge in [0.05, 0.1) is 11.2 Å². The van der Waals surface area contributed by atoms with Gasteiger partial charge >= 0.3 is 0 Å². The first-order chi connectivity index (χ1) is 6.81. The van der Waals surface area contributed by atoms with Crippen LogP contribution in [-0.2, 0) is 6.42 Å². The van der Waals surface area contributed by atoms with E-state index in [9.17, 15) is 0 Å². The van der Waals surface area contributed by atoms with Crippen LogP contribution in [0.15, 0.2) is 34.9 Å². The van der Waals surface area contributed by atoms with Crippen molar-refractivity contribution < 1.29 is 4.42 Å². The van der Waals surface area contributed by atoms with Gasteiger partial charge < -0.3 is 4.42 Å². The Balaban J connectivity index is 2.44. The van der Waals surface area contributed by atoms with Crippen molar-refractivity contribution in [1.29, 1.82) is 0 Å². The number of hydrogen-bond acceptors (Lipinski definition) is 2. The van der Waals surface area contributed by atoms with Crippen molar-refractivity contribution in [1.82, 2.24) is 4.98 Å². The second-order valence-corrected chi connectivity index (χ2v) is 3.36. The molecule has 0 N–H and O–H groups in total. The molecule has 0 aliphatic heterocycles. The normalized spacial score (nSPS) is 10.4. The maximum atomic E-state index is 6.02. The second-order valence-electron chi connectivity index (χ2n) is 2.95. The van der Waals surface area contributed by atoms with E-state index in [1.54, 1.807) is 6.20 Å². The van der Waals surface area contributed by atoms with E-state index >= 15 is 0 Å². The van der Waals surface area contributed by atoms with Crippen LogP contribution in [0.2, 0.25) is 5.02 Å². The largest absolute Gasteiger partial charge is 0.441 e. The van der Waals surface area contributed by atoms with Crippen LogP contribution in [0.5, 0.6) is 0 Å². The minimum absolute atomic E-state index is 0.686. The summed E-state index contributed by atoms with van der Waals surface area (Å²) in [5.74, 6) is 1.47. The molecule has 0 bridgehead atoms. The quantitative estimate of drug-likeness (QED) is 0.753. The maximum absolute atomic E-state index is 6.02. The Morgan fingerprint density at radius 3 is 2.79 bits per heavy atom. The molecule has 3 heteroatoms. The van der Waals surface area contributed by atoms with Gasteiger partial charge in [0, 0.05) is 12.0 Å². The van der Waals surface area contributed by atoms with E-state index in [4.69, 9.17) is 16.0 Å². The first kappa shape index (κ1) is 9.28. The number of benzene rings is 1. The Kier molecular flexibility index (Phi) is 2.55. The van der Waals surface area contributed by atoms with E-state index in [0.29, 0.717) is 5.02 Å². The van der Waals surface area contributed by atoms with Gasteiger partial charge in [0.25, 0.3) is 0 Å². The van der Waals surface area contributed by atoms with Crippen LogP contribution < -0.4 is 0 Å². The van der Waals surface area contributed by atoms with E-state index in [1.165, 1.54) is 0 Å². The lowest BCUT2D eigenvalue weighted by Crippen LogP contribution is -1.75. The van der Waals surface area contributed by atoms with Crippen molar-refractivity contribution in [3.63, 3.8) is 0 Å². The molecule has 72 valence electrons. The minimum Gasteiger partial charge on any atom is -0.441 e. The summed E-state index contributed by atoms with van der Waals surface area (Å²) in [4.78, 5) is 4.13. The monoisotopic (exact) mass is 207 g/mol. The van der Waals surface area contributed by atoms with Gasteiger partial charge in [0.2, 0.25) is 0 Å². The average Bonchev–Trinajstić information content (AvgIpc) is 2.67. The van der Waals surface area contributed by atoms with Crippen LogP contribution in [0.3, 0.4) is 0 Å². The Labute approximate surface area is 87.5 Å². The van der Waals surface area contributed by atoms with E-state index in [-0.39, 0.29) is 0 Å².